The summed E-state index contributed by atoms with van der Waals surface area (Å²) in [5.41, 5.74) is 6.02. The van der Waals surface area contributed by atoms with Gasteiger partial charge in [0.05, 0.1) is 11.0 Å². The van der Waals surface area contributed by atoms with Crippen molar-refractivity contribution >= 4 is 32.5 Å². The van der Waals surface area contributed by atoms with E-state index in [9.17, 15) is 13.2 Å². The van der Waals surface area contributed by atoms with Crippen LogP contribution in [-0.4, -0.2) is 36.7 Å². The molecule has 152 valence electrons. The molecule has 0 saturated carbocycles. The van der Waals surface area contributed by atoms with E-state index in [0.29, 0.717) is 17.9 Å². The monoisotopic (exact) mass is 411 g/mol. The Balaban J connectivity index is 1.73. The minimum Gasteiger partial charge on any atom is -0.318 e. The average molecular weight is 412 g/mol. The Morgan fingerprint density at radius 2 is 1.93 bits per heavy atom. The second-order valence-corrected chi connectivity index (χ2v) is 10.0. The third-order valence-corrected chi connectivity index (χ3v) is 6.19. The summed E-state index contributed by atoms with van der Waals surface area (Å²) in [7, 11) is -3.28. The minimum absolute atomic E-state index is 0.0474. The number of sulfone groups is 1. The molecule has 2 aromatic carbocycles. The Hall–Kier alpha value is -2.67. The first-order valence-electron chi connectivity index (χ1n) is 9.75. The van der Waals surface area contributed by atoms with Gasteiger partial charge in [-0.15, -0.1) is 0 Å². The fourth-order valence-electron chi connectivity index (χ4n) is 4.20. The third kappa shape index (κ3) is 3.92. The predicted octanol–water partition coefficient (Wildman–Crippen LogP) is 3.18. The molecule has 0 bridgehead atoms. The normalized spacial score (nSPS) is 14.2. The molecule has 3 aromatic rings. The van der Waals surface area contributed by atoms with Gasteiger partial charge in [-0.1, -0.05) is 18.2 Å². The molecule has 0 aliphatic carbocycles. The SMILES string of the molecule is Cc1cc(C)c2c(c1)N(C(=O)Cn1c(CS(C)(=O)=O)nc3ccccc31)CCC2. The summed E-state index contributed by atoms with van der Waals surface area (Å²) in [6, 6.07) is 11.7. The van der Waals surface area contributed by atoms with Crippen LogP contribution in [-0.2, 0) is 33.4 Å². The number of imidazole rings is 1. The van der Waals surface area contributed by atoms with Gasteiger partial charge in [0, 0.05) is 18.5 Å². The standard InChI is InChI=1S/C22H25N3O3S/c1-15-11-16(2)17-7-6-10-24(20(17)12-15)22(26)13-25-19-9-5-4-8-18(19)23-21(25)14-29(3,27)28/h4-5,8-9,11-12H,6-7,10,13-14H2,1-3H3. The maximum Gasteiger partial charge on any atom is 0.246 e. The van der Waals surface area contributed by atoms with Gasteiger partial charge in [-0.2, -0.15) is 0 Å². The van der Waals surface area contributed by atoms with E-state index in [2.05, 4.69) is 24.0 Å². The van der Waals surface area contributed by atoms with Crippen molar-refractivity contribution in [1.82, 2.24) is 9.55 Å². The molecule has 0 saturated heterocycles. The number of hydrogen-bond donors (Lipinski definition) is 0. The Bertz CT molecular complexity index is 1210. The number of carbonyl (C=O) groups excluding carboxylic acids is 1. The lowest BCUT2D eigenvalue weighted by atomic mass is 9.95. The molecule has 1 aliphatic heterocycles. The zero-order chi connectivity index (χ0) is 20.8. The highest BCUT2D eigenvalue weighted by molar-refractivity contribution is 7.89. The first-order valence-corrected chi connectivity index (χ1v) is 11.8. The molecule has 6 nitrogen and oxygen atoms in total. The summed E-state index contributed by atoms with van der Waals surface area (Å²) in [5, 5.41) is 0. The smallest absolute Gasteiger partial charge is 0.246 e. The summed E-state index contributed by atoms with van der Waals surface area (Å²) in [6.45, 7) is 4.87. The van der Waals surface area contributed by atoms with Crippen molar-refractivity contribution in [3.63, 3.8) is 0 Å². The van der Waals surface area contributed by atoms with E-state index in [4.69, 9.17) is 0 Å². The van der Waals surface area contributed by atoms with E-state index in [-0.39, 0.29) is 18.2 Å². The minimum atomic E-state index is -3.28. The quantitative estimate of drug-likeness (QED) is 0.661. The zero-order valence-electron chi connectivity index (χ0n) is 17.0. The van der Waals surface area contributed by atoms with Gasteiger partial charge >= 0.3 is 0 Å². The molecule has 1 aromatic heterocycles. The fraction of sp³-hybridized carbons (Fsp3) is 0.364. The van der Waals surface area contributed by atoms with Gasteiger partial charge in [0.1, 0.15) is 18.1 Å². The summed E-state index contributed by atoms with van der Waals surface area (Å²) in [4.78, 5) is 19.7. The number of nitrogens with zero attached hydrogens (tertiary/aromatic N) is 3. The summed E-state index contributed by atoms with van der Waals surface area (Å²) >= 11 is 0. The maximum absolute atomic E-state index is 13.3. The Kier molecular flexibility index (Phi) is 4.94. The van der Waals surface area contributed by atoms with Gasteiger partial charge in [0.25, 0.3) is 0 Å². The van der Waals surface area contributed by atoms with Crippen molar-refractivity contribution < 1.29 is 13.2 Å². The molecule has 0 fully saturated rings. The van der Waals surface area contributed by atoms with Gasteiger partial charge < -0.3 is 9.47 Å². The Labute approximate surface area is 171 Å². The first kappa shape index (κ1) is 19.6. The molecule has 0 spiro atoms. The zero-order valence-corrected chi connectivity index (χ0v) is 17.8. The van der Waals surface area contributed by atoms with Crippen molar-refractivity contribution in [3.05, 3.63) is 58.9 Å². The van der Waals surface area contributed by atoms with Crippen molar-refractivity contribution in [3.8, 4) is 0 Å². The second kappa shape index (κ2) is 7.30. The van der Waals surface area contributed by atoms with Crippen LogP contribution in [0.1, 0.15) is 28.9 Å². The van der Waals surface area contributed by atoms with E-state index in [0.717, 1.165) is 29.6 Å². The summed E-state index contributed by atoms with van der Waals surface area (Å²) in [6.07, 6.45) is 3.08. The topological polar surface area (TPSA) is 72.3 Å². The lowest BCUT2D eigenvalue weighted by molar-refractivity contribution is -0.119. The summed E-state index contributed by atoms with van der Waals surface area (Å²) in [5.74, 6) is 0.164. The van der Waals surface area contributed by atoms with Crippen molar-refractivity contribution in [2.45, 2.75) is 39.0 Å². The Morgan fingerprint density at radius 3 is 2.69 bits per heavy atom. The molecule has 29 heavy (non-hydrogen) atoms. The van der Waals surface area contributed by atoms with E-state index in [1.165, 1.54) is 17.4 Å². The van der Waals surface area contributed by atoms with Gasteiger partial charge in [0.2, 0.25) is 5.91 Å². The van der Waals surface area contributed by atoms with Crippen LogP contribution in [0, 0.1) is 13.8 Å². The molecule has 0 N–H and O–H groups in total. The highest BCUT2D eigenvalue weighted by Crippen LogP contribution is 2.31. The lowest BCUT2D eigenvalue weighted by Gasteiger charge is -2.31. The number of para-hydroxylation sites is 2. The van der Waals surface area contributed by atoms with Crippen LogP contribution in [0.4, 0.5) is 5.69 Å². The molecule has 2 heterocycles. The van der Waals surface area contributed by atoms with Crippen LogP contribution >= 0.6 is 0 Å². The van der Waals surface area contributed by atoms with Crippen LogP contribution < -0.4 is 4.90 Å². The van der Waals surface area contributed by atoms with Crippen molar-refractivity contribution in [2.24, 2.45) is 0 Å². The second-order valence-electron chi connectivity index (χ2n) is 7.90. The molecule has 7 heteroatoms. The number of rotatable bonds is 4. The van der Waals surface area contributed by atoms with Gasteiger partial charge in [0.15, 0.2) is 9.84 Å². The number of fused-ring (bicyclic) bond motifs is 2. The van der Waals surface area contributed by atoms with E-state index in [1.807, 2.05) is 36.1 Å². The van der Waals surface area contributed by atoms with Crippen LogP contribution in [0.3, 0.4) is 0 Å². The van der Waals surface area contributed by atoms with Crippen LogP contribution in [0.15, 0.2) is 36.4 Å². The number of aryl methyl sites for hydroxylation is 2. The molecular formula is C22H25N3O3S. The number of amides is 1. The van der Waals surface area contributed by atoms with E-state index in [1.54, 1.807) is 4.57 Å². The highest BCUT2D eigenvalue weighted by Gasteiger charge is 2.26. The molecule has 0 atom stereocenters. The highest BCUT2D eigenvalue weighted by atomic mass is 32.2. The molecule has 1 aliphatic rings. The number of aromatic nitrogens is 2. The third-order valence-electron chi connectivity index (χ3n) is 5.41. The number of hydrogen-bond acceptors (Lipinski definition) is 4. The van der Waals surface area contributed by atoms with Crippen molar-refractivity contribution in [1.29, 1.82) is 0 Å². The Morgan fingerprint density at radius 1 is 1.17 bits per heavy atom. The fourth-order valence-corrected chi connectivity index (χ4v) is 4.89. The molecule has 0 radical (unpaired) electrons. The van der Waals surface area contributed by atoms with Crippen LogP contribution in [0.25, 0.3) is 11.0 Å². The van der Waals surface area contributed by atoms with Gasteiger partial charge in [-0.25, -0.2) is 13.4 Å². The number of carbonyl (C=O) groups is 1. The number of benzene rings is 2. The number of anilines is 1. The predicted molar refractivity (Wildman–Crippen MR) is 115 cm³/mol. The lowest BCUT2D eigenvalue weighted by Crippen LogP contribution is -2.38. The van der Waals surface area contributed by atoms with Gasteiger partial charge in [-0.3, -0.25) is 4.79 Å². The molecule has 0 unspecified atom stereocenters. The summed E-state index contributed by atoms with van der Waals surface area (Å²) < 4.78 is 25.6. The van der Waals surface area contributed by atoms with Crippen LogP contribution in [0.5, 0.6) is 0 Å². The molecular weight excluding hydrogens is 386 g/mol. The largest absolute Gasteiger partial charge is 0.318 e. The van der Waals surface area contributed by atoms with Crippen molar-refractivity contribution in [2.75, 3.05) is 17.7 Å². The van der Waals surface area contributed by atoms with Gasteiger partial charge in [-0.05, 0) is 61.6 Å². The first-order chi connectivity index (χ1) is 13.7. The molecule has 1 amide bonds. The average Bonchev–Trinajstić information content (AvgIpc) is 2.96. The molecule has 4 rings (SSSR count). The maximum atomic E-state index is 13.3. The van der Waals surface area contributed by atoms with E-state index < -0.39 is 9.84 Å². The van der Waals surface area contributed by atoms with Crippen LogP contribution in [0.2, 0.25) is 0 Å². The van der Waals surface area contributed by atoms with E-state index >= 15 is 0 Å².